The normalized spacial score (nSPS) is 12.1. The molecule has 0 bridgehead atoms. The minimum absolute atomic E-state index is 1.13. The van der Waals surface area contributed by atoms with Crippen molar-refractivity contribution in [2.24, 2.45) is 0 Å². The van der Waals surface area contributed by atoms with Gasteiger partial charge in [0.2, 0.25) is 0 Å². The van der Waals surface area contributed by atoms with Gasteiger partial charge in [-0.05, 0) is 17.3 Å². The van der Waals surface area contributed by atoms with Gasteiger partial charge in [0.25, 0.3) is 0 Å². The Kier molecular flexibility index (Phi) is 6.50. The molecule has 0 unspecified atom stereocenters. The van der Waals surface area contributed by atoms with Crippen LogP contribution in [0.1, 0.15) is 39.5 Å². The highest BCUT2D eigenvalue weighted by atomic mass is 79.9. The van der Waals surface area contributed by atoms with Crippen LogP contribution < -0.4 is 0 Å². The summed E-state index contributed by atoms with van der Waals surface area (Å²) in [5, 5.41) is 0. The fourth-order valence-corrected chi connectivity index (χ4v) is 0.836. The molecule has 54 valence electrons. The number of hydrogen-bond donors (Lipinski definition) is 0. The summed E-state index contributed by atoms with van der Waals surface area (Å²) < 4.78 is 1.34. The summed E-state index contributed by atoms with van der Waals surface area (Å²) in [5.74, 6) is 0. The van der Waals surface area contributed by atoms with E-state index in [1.807, 2.05) is 0 Å². The van der Waals surface area contributed by atoms with Gasteiger partial charge in [0, 0.05) is 0 Å². The highest BCUT2D eigenvalue weighted by Gasteiger charge is 1.84. The summed E-state index contributed by atoms with van der Waals surface area (Å²) in [7, 11) is 0. The summed E-state index contributed by atoms with van der Waals surface area (Å²) in [6, 6.07) is 0. The van der Waals surface area contributed by atoms with Crippen molar-refractivity contribution in [1.29, 1.82) is 0 Å². The van der Waals surface area contributed by atoms with Crippen LogP contribution >= 0.6 is 15.9 Å². The third-order valence-corrected chi connectivity index (χ3v) is 2.15. The van der Waals surface area contributed by atoms with Crippen LogP contribution in [0.2, 0.25) is 0 Å². The molecule has 0 atom stereocenters. The van der Waals surface area contributed by atoms with Gasteiger partial charge in [0.15, 0.2) is 0 Å². The highest BCUT2D eigenvalue weighted by molar-refractivity contribution is 9.11. The predicted octanol–water partition coefficient (Wildman–Crippen LogP) is 3.87. The molecule has 0 aliphatic heterocycles. The molecule has 1 heteroatoms. The first-order valence-corrected chi connectivity index (χ1v) is 4.45. The van der Waals surface area contributed by atoms with E-state index in [0.29, 0.717) is 0 Å². The molecule has 9 heavy (non-hydrogen) atoms. The number of allylic oxidation sites excluding steroid dienone is 2. The largest absolute Gasteiger partial charge is 0.0744 e. The van der Waals surface area contributed by atoms with Gasteiger partial charge in [-0.1, -0.05) is 48.7 Å². The van der Waals surface area contributed by atoms with E-state index in [-0.39, 0.29) is 0 Å². The molecular formula is C8H15Br. The van der Waals surface area contributed by atoms with Crippen LogP contribution in [0.15, 0.2) is 10.6 Å². The van der Waals surface area contributed by atoms with Gasteiger partial charge in [-0.25, -0.2) is 0 Å². The van der Waals surface area contributed by atoms with E-state index >= 15 is 0 Å². The second-order valence-electron chi connectivity index (χ2n) is 2.15. The van der Waals surface area contributed by atoms with Crippen LogP contribution in [-0.4, -0.2) is 0 Å². The van der Waals surface area contributed by atoms with E-state index in [1.165, 1.54) is 23.7 Å². The summed E-state index contributed by atoms with van der Waals surface area (Å²) in [4.78, 5) is 0. The number of hydrogen-bond acceptors (Lipinski definition) is 0. The minimum Gasteiger partial charge on any atom is -0.0744 e. The van der Waals surface area contributed by atoms with Gasteiger partial charge in [0.05, 0.1) is 0 Å². The fourth-order valence-electron chi connectivity index (χ4n) is 0.607. The molecule has 0 saturated heterocycles. The first kappa shape index (κ1) is 9.22. The molecule has 0 heterocycles. The monoisotopic (exact) mass is 190 g/mol. The summed E-state index contributed by atoms with van der Waals surface area (Å²) in [6.07, 6.45) is 7.23. The van der Waals surface area contributed by atoms with E-state index in [0.717, 1.165) is 6.42 Å². The maximum Gasteiger partial charge on any atom is -0.00920 e. The third kappa shape index (κ3) is 6.10. The lowest BCUT2D eigenvalue weighted by Gasteiger charge is -1.91. The van der Waals surface area contributed by atoms with E-state index in [4.69, 9.17) is 0 Å². The maximum atomic E-state index is 3.47. The lowest BCUT2D eigenvalue weighted by Crippen LogP contribution is -1.69. The molecule has 0 aromatic rings. The Morgan fingerprint density at radius 3 is 2.56 bits per heavy atom. The topological polar surface area (TPSA) is 0 Å². The van der Waals surface area contributed by atoms with Crippen molar-refractivity contribution in [2.75, 3.05) is 0 Å². The first-order chi connectivity index (χ1) is 4.31. The smallest absolute Gasteiger partial charge is 0.00920 e. The number of unbranched alkanes of at least 4 members (excludes halogenated alkanes) is 2. The SMILES string of the molecule is CCCC/C=C(\Br)CC. The molecule has 0 radical (unpaired) electrons. The van der Waals surface area contributed by atoms with Crippen molar-refractivity contribution in [2.45, 2.75) is 39.5 Å². The van der Waals surface area contributed by atoms with Crippen LogP contribution in [0.5, 0.6) is 0 Å². The molecule has 0 spiro atoms. The van der Waals surface area contributed by atoms with Crippen molar-refractivity contribution >= 4 is 15.9 Å². The third-order valence-electron chi connectivity index (χ3n) is 1.26. The average Bonchev–Trinajstić information content (AvgIpc) is 1.89. The predicted molar refractivity (Wildman–Crippen MR) is 46.8 cm³/mol. The quantitative estimate of drug-likeness (QED) is 0.591. The summed E-state index contributed by atoms with van der Waals surface area (Å²) in [5.41, 5.74) is 0. The molecule has 0 aliphatic rings. The average molecular weight is 191 g/mol. The Morgan fingerprint density at radius 2 is 2.11 bits per heavy atom. The van der Waals surface area contributed by atoms with Gasteiger partial charge in [-0.15, -0.1) is 0 Å². The first-order valence-electron chi connectivity index (χ1n) is 3.65. The highest BCUT2D eigenvalue weighted by Crippen LogP contribution is 2.11. The Labute approximate surface area is 66.5 Å². The van der Waals surface area contributed by atoms with E-state index in [1.54, 1.807) is 0 Å². The van der Waals surface area contributed by atoms with Gasteiger partial charge < -0.3 is 0 Å². The molecule has 0 aliphatic carbocycles. The van der Waals surface area contributed by atoms with Gasteiger partial charge in [-0.2, -0.15) is 0 Å². The molecule has 0 fully saturated rings. The van der Waals surface area contributed by atoms with E-state index < -0.39 is 0 Å². The zero-order valence-electron chi connectivity index (χ0n) is 6.28. The zero-order valence-corrected chi connectivity index (χ0v) is 7.87. The van der Waals surface area contributed by atoms with Crippen molar-refractivity contribution in [3.05, 3.63) is 10.6 Å². The van der Waals surface area contributed by atoms with Crippen LogP contribution in [0, 0.1) is 0 Å². The molecule has 0 amide bonds. The van der Waals surface area contributed by atoms with Gasteiger partial charge in [0.1, 0.15) is 0 Å². The van der Waals surface area contributed by atoms with Crippen molar-refractivity contribution in [3.8, 4) is 0 Å². The zero-order chi connectivity index (χ0) is 7.11. The molecule has 0 saturated carbocycles. The van der Waals surface area contributed by atoms with Gasteiger partial charge >= 0.3 is 0 Å². The molecule has 0 nitrogen and oxygen atoms in total. The summed E-state index contributed by atoms with van der Waals surface area (Å²) in [6.45, 7) is 4.38. The Bertz CT molecular complexity index is 84.6. The van der Waals surface area contributed by atoms with Crippen molar-refractivity contribution in [1.82, 2.24) is 0 Å². The van der Waals surface area contributed by atoms with Crippen molar-refractivity contribution < 1.29 is 0 Å². The molecule has 0 N–H and O–H groups in total. The van der Waals surface area contributed by atoms with E-state index in [2.05, 4.69) is 35.9 Å². The maximum absolute atomic E-state index is 3.47. The molecule has 0 rings (SSSR count). The Morgan fingerprint density at radius 1 is 1.44 bits per heavy atom. The Balaban J connectivity index is 3.21. The molecule has 0 aromatic heterocycles. The number of rotatable bonds is 4. The van der Waals surface area contributed by atoms with Crippen LogP contribution in [0.3, 0.4) is 0 Å². The second-order valence-corrected chi connectivity index (χ2v) is 3.17. The summed E-state index contributed by atoms with van der Waals surface area (Å²) >= 11 is 3.47. The second kappa shape index (κ2) is 6.34. The lowest BCUT2D eigenvalue weighted by atomic mass is 10.2. The van der Waals surface area contributed by atoms with Crippen LogP contribution in [-0.2, 0) is 0 Å². The van der Waals surface area contributed by atoms with Crippen molar-refractivity contribution in [3.63, 3.8) is 0 Å². The fraction of sp³-hybridized carbons (Fsp3) is 0.750. The van der Waals surface area contributed by atoms with Gasteiger partial charge in [-0.3, -0.25) is 0 Å². The van der Waals surface area contributed by atoms with Crippen LogP contribution in [0.4, 0.5) is 0 Å². The standard InChI is InChI=1S/C8H15Br/c1-3-5-6-7-8(9)4-2/h7H,3-6H2,1-2H3/b8-7-. The minimum atomic E-state index is 1.13. The van der Waals surface area contributed by atoms with E-state index in [9.17, 15) is 0 Å². The van der Waals surface area contributed by atoms with Crippen LogP contribution in [0.25, 0.3) is 0 Å². The molecular weight excluding hydrogens is 176 g/mol. The lowest BCUT2D eigenvalue weighted by molar-refractivity contribution is 0.812. The Hall–Kier alpha value is 0.220. The molecule has 0 aromatic carbocycles. The number of halogens is 1.